The molecule has 2 fully saturated rings. The Hall–Kier alpha value is -2.77. The lowest BCUT2D eigenvalue weighted by molar-refractivity contribution is -0.0991. The summed E-state index contributed by atoms with van der Waals surface area (Å²) in [6.07, 6.45) is 7.29. The van der Waals surface area contributed by atoms with Crippen LogP contribution in [0.25, 0.3) is 11.1 Å². The summed E-state index contributed by atoms with van der Waals surface area (Å²) >= 11 is 0. The fourth-order valence-corrected chi connectivity index (χ4v) is 5.06. The van der Waals surface area contributed by atoms with Gasteiger partial charge in [0.15, 0.2) is 0 Å². The van der Waals surface area contributed by atoms with Crippen LogP contribution in [0.1, 0.15) is 29.9 Å². The quantitative estimate of drug-likeness (QED) is 0.746. The number of likely N-dealkylation sites (tertiary alicyclic amines) is 1. The van der Waals surface area contributed by atoms with Gasteiger partial charge in [-0.05, 0) is 35.1 Å². The molecule has 1 aliphatic carbocycles. The number of hydrogen-bond donors (Lipinski definition) is 0. The van der Waals surface area contributed by atoms with Gasteiger partial charge in [-0.25, -0.2) is 4.79 Å². The molecule has 1 spiro atoms. The Morgan fingerprint density at radius 2 is 1.71 bits per heavy atom. The molecule has 3 aliphatic rings. The van der Waals surface area contributed by atoms with E-state index >= 15 is 0 Å². The van der Waals surface area contributed by atoms with Crippen LogP contribution in [-0.4, -0.2) is 43.4 Å². The molecule has 1 unspecified atom stereocenters. The first-order valence-corrected chi connectivity index (χ1v) is 9.89. The van der Waals surface area contributed by atoms with Crippen molar-refractivity contribution in [2.75, 3.05) is 26.4 Å². The van der Waals surface area contributed by atoms with E-state index in [0.717, 1.165) is 26.1 Å². The van der Waals surface area contributed by atoms with E-state index < -0.39 is 0 Å². The third-order valence-corrected chi connectivity index (χ3v) is 6.59. The van der Waals surface area contributed by atoms with Gasteiger partial charge in [-0.2, -0.15) is 0 Å². The molecule has 1 atom stereocenters. The van der Waals surface area contributed by atoms with E-state index in [4.69, 9.17) is 15.9 Å². The molecule has 0 bridgehead atoms. The minimum Gasteiger partial charge on any atom is -0.448 e. The van der Waals surface area contributed by atoms with Gasteiger partial charge in [-0.15, -0.1) is 6.42 Å². The lowest BCUT2D eigenvalue weighted by Gasteiger charge is -2.56. The van der Waals surface area contributed by atoms with Crippen LogP contribution in [0.4, 0.5) is 4.79 Å². The molecule has 2 aliphatic heterocycles. The van der Waals surface area contributed by atoms with Crippen molar-refractivity contribution < 1.29 is 14.3 Å². The molecule has 2 aromatic rings. The van der Waals surface area contributed by atoms with Crippen molar-refractivity contribution in [2.24, 2.45) is 5.41 Å². The molecule has 2 aromatic carbocycles. The maximum atomic E-state index is 12.8. The summed E-state index contributed by atoms with van der Waals surface area (Å²) in [5.74, 6) is 2.89. The van der Waals surface area contributed by atoms with Gasteiger partial charge in [0.2, 0.25) is 0 Å². The van der Waals surface area contributed by atoms with Crippen molar-refractivity contribution in [1.82, 2.24) is 4.90 Å². The van der Waals surface area contributed by atoms with Gasteiger partial charge in [0.25, 0.3) is 0 Å². The fraction of sp³-hybridized carbons (Fsp3) is 0.375. The lowest BCUT2D eigenvalue weighted by atomic mass is 9.67. The Bertz CT molecular complexity index is 909. The zero-order chi connectivity index (χ0) is 19.1. The summed E-state index contributed by atoms with van der Waals surface area (Å²) < 4.78 is 11.2. The van der Waals surface area contributed by atoms with Crippen LogP contribution >= 0.6 is 0 Å². The summed E-state index contributed by atoms with van der Waals surface area (Å²) in [4.78, 5) is 14.5. The predicted molar refractivity (Wildman–Crippen MR) is 107 cm³/mol. The van der Waals surface area contributed by atoms with Crippen LogP contribution in [0.3, 0.4) is 0 Å². The molecule has 4 nitrogen and oxygen atoms in total. The van der Waals surface area contributed by atoms with Gasteiger partial charge < -0.3 is 9.47 Å². The third kappa shape index (κ3) is 2.54. The summed E-state index contributed by atoms with van der Waals surface area (Å²) in [5.41, 5.74) is 4.90. The van der Waals surface area contributed by atoms with Crippen molar-refractivity contribution in [3.05, 3.63) is 59.7 Å². The number of hydrogen-bond acceptors (Lipinski definition) is 3. The van der Waals surface area contributed by atoms with Gasteiger partial charge in [0, 0.05) is 31.1 Å². The van der Waals surface area contributed by atoms with E-state index in [1.165, 1.54) is 22.3 Å². The average Bonchev–Trinajstić information content (AvgIpc) is 3.05. The number of nitrogens with zero attached hydrogens (tertiary/aromatic N) is 1. The largest absolute Gasteiger partial charge is 0.448 e. The summed E-state index contributed by atoms with van der Waals surface area (Å²) in [6.45, 7) is 2.44. The topological polar surface area (TPSA) is 38.8 Å². The number of rotatable bonds is 2. The molecule has 0 saturated carbocycles. The molecule has 2 saturated heterocycles. The molecule has 0 N–H and O–H groups in total. The second-order valence-corrected chi connectivity index (χ2v) is 7.98. The van der Waals surface area contributed by atoms with Crippen molar-refractivity contribution in [3.63, 3.8) is 0 Å². The number of amides is 1. The Morgan fingerprint density at radius 1 is 1.11 bits per heavy atom. The van der Waals surface area contributed by atoms with E-state index in [9.17, 15) is 4.79 Å². The van der Waals surface area contributed by atoms with Crippen LogP contribution in [0.5, 0.6) is 0 Å². The Morgan fingerprint density at radius 3 is 2.32 bits per heavy atom. The van der Waals surface area contributed by atoms with Crippen LogP contribution in [0, 0.1) is 17.8 Å². The highest BCUT2D eigenvalue weighted by molar-refractivity contribution is 5.79. The lowest BCUT2D eigenvalue weighted by Crippen LogP contribution is -2.67. The van der Waals surface area contributed by atoms with E-state index in [1.54, 1.807) is 4.90 Å². The van der Waals surface area contributed by atoms with Gasteiger partial charge in [-0.1, -0.05) is 54.5 Å². The monoisotopic (exact) mass is 373 g/mol. The minimum atomic E-state index is -0.304. The zero-order valence-electron chi connectivity index (χ0n) is 15.8. The fourth-order valence-electron chi connectivity index (χ4n) is 5.06. The number of carbonyl (C=O) groups excluding carboxylic acids is 1. The van der Waals surface area contributed by atoms with E-state index in [2.05, 4.69) is 42.3 Å². The number of benzene rings is 2. The van der Waals surface area contributed by atoms with Crippen molar-refractivity contribution in [3.8, 4) is 23.5 Å². The number of carbonyl (C=O) groups is 1. The second-order valence-electron chi connectivity index (χ2n) is 7.98. The highest BCUT2D eigenvalue weighted by Crippen LogP contribution is 2.47. The van der Waals surface area contributed by atoms with Gasteiger partial charge >= 0.3 is 6.09 Å². The molecule has 2 heterocycles. The Labute approximate surface area is 165 Å². The van der Waals surface area contributed by atoms with Crippen molar-refractivity contribution in [1.29, 1.82) is 0 Å². The van der Waals surface area contributed by atoms with Crippen molar-refractivity contribution >= 4 is 6.09 Å². The van der Waals surface area contributed by atoms with E-state index in [-0.39, 0.29) is 23.5 Å². The van der Waals surface area contributed by atoms with Gasteiger partial charge in [-0.3, -0.25) is 4.90 Å². The Balaban J connectivity index is 1.31. The Kier molecular flexibility index (Phi) is 4.14. The number of fused-ring (bicyclic) bond motifs is 3. The van der Waals surface area contributed by atoms with Crippen LogP contribution in [0.15, 0.2) is 48.5 Å². The molecular formula is C24H23NO3. The predicted octanol–water partition coefficient (Wildman–Crippen LogP) is 4.05. The van der Waals surface area contributed by atoms with Gasteiger partial charge in [0.05, 0.1) is 0 Å². The highest BCUT2D eigenvalue weighted by Gasteiger charge is 2.54. The summed E-state index contributed by atoms with van der Waals surface area (Å²) in [5, 5.41) is 0. The average molecular weight is 373 g/mol. The van der Waals surface area contributed by atoms with E-state index in [1.807, 2.05) is 12.1 Å². The molecule has 142 valence electrons. The summed E-state index contributed by atoms with van der Waals surface area (Å²) in [6, 6.07) is 16.5. The van der Waals surface area contributed by atoms with E-state index in [0.29, 0.717) is 13.2 Å². The maximum Gasteiger partial charge on any atom is 0.410 e. The molecule has 28 heavy (non-hydrogen) atoms. The number of ether oxygens (including phenoxy) is 2. The number of terminal acetylenes is 1. The first-order valence-electron chi connectivity index (χ1n) is 9.89. The molecular weight excluding hydrogens is 350 g/mol. The van der Waals surface area contributed by atoms with Crippen LogP contribution < -0.4 is 0 Å². The minimum absolute atomic E-state index is 0.0125. The molecule has 4 heteroatoms. The second kappa shape index (κ2) is 6.68. The molecule has 1 amide bonds. The third-order valence-electron chi connectivity index (χ3n) is 6.59. The normalized spacial score (nSPS) is 22.1. The summed E-state index contributed by atoms with van der Waals surface area (Å²) in [7, 11) is 0. The molecule has 5 rings (SSSR count). The van der Waals surface area contributed by atoms with Crippen LogP contribution in [0.2, 0.25) is 0 Å². The van der Waals surface area contributed by atoms with Crippen LogP contribution in [-0.2, 0) is 9.47 Å². The molecule has 0 radical (unpaired) electrons. The first-order chi connectivity index (χ1) is 13.7. The van der Waals surface area contributed by atoms with Crippen molar-refractivity contribution in [2.45, 2.75) is 24.8 Å². The first kappa shape index (κ1) is 17.3. The highest BCUT2D eigenvalue weighted by atomic mass is 16.6. The zero-order valence-corrected chi connectivity index (χ0v) is 15.8. The standard InChI is InChI=1S/C24H23NO3/c1-2-22-24(11-13-27-14-12-24)16-25(22)23(26)28-15-21-19-9-5-3-7-17(19)18-8-4-6-10-20(18)21/h1,3-10,21-22H,11-16H2. The smallest absolute Gasteiger partial charge is 0.410 e. The molecule has 0 aromatic heterocycles. The SMILES string of the molecule is C#CC1N(C(=O)OCC2c3ccccc3-c3ccccc32)CC12CCOCC2. The van der Waals surface area contributed by atoms with Gasteiger partial charge in [0.1, 0.15) is 12.6 Å². The maximum absolute atomic E-state index is 12.8.